The van der Waals surface area contributed by atoms with E-state index >= 15 is 0 Å². The van der Waals surface area contributed by atoms with Gasteiger partial charge >= 0.3 is 0 Å². The summed E-state index contributed by atoms with van der Waals surface area (Å²) in [4.78, 5) is 17.9. The normalized spacial score (nSPS) is 11.2. The first kappa shape index (κ1) is 18.5. The predicted octanol–water partition coefficient (Wildman–Crippen LogP) is 1.10. The highest BCUT2D eigenvalue weighted by Gasteiger charge is 2.05. The third-order valence-electron chi connectivity index (χ3n) is 3.58. The van der Waals surface area contributed by atoms with E-state index in [1.807, 2.05) is 47.3 Å². The summed E-state index contributed by atoms with van der Waals surface area (Å²) in [5.74, 6) is 0.644. The number of benzene rings is 1. The van der Waals surface area contributed by atoms with Gasteiger partial charge in [0.15, 0.2) is 5.96 Å². The van der Waals surface area contributed by atoms with Crippen LogP contribution in [0.3, 0.4) is 0 Å². The molecule has 0 saturated heterocycles. The molecule has 0 aliphatic rings. The van der Waals surface area contributed by atoms with Crippen LogP contribution in [0, 0.1) is 0 Å². The van der Waals surface area contributed by atoms with E-state index in [1.165, 1.54) is 0 Å². The molecule has 2 aromatic rings. The monoisotopic (exact) mass is 342 g/mol. The van der Waals surface area contributed by atoms with Crippen LogP contribution in [0.5, 0.6) is 0 Å². The molecule has 1 heterocycles. The number of aryl methyl sites for hydroxylation is 1. The van der Waals surface area contributed by atoms with E-state index in [9.17, 15) is 4.79 Å². The van der Waals surface area contributed by atoms with Crippen LogP contribution in [-0.2, 0) is 17.9 Å². The number of nitrogens with zero attached hydrogens (tertiary/aromatic N) is 4. The Balaban J connectivity index is 1.85. The number of rotatable bonds is 8. The Labute approximate surface area is 148 Å². The van der Waals surface area contributed by atoms with Crippen LogP contribution < -0.4 is 10.6 Å². The second kappa shape index (κ2) is 10.1. The van der Waals surface area contributed by atoms with Gasteiger partial charge in [-0.1, -0.05) is 30.3 Å². The van der Waals surface area contributed by atoms with Crippen molar-refractivity contribution >= 4 is 11.9 Å². The first-order valence-corrected chi connectivity index (χ1v) is 8.39. The fourth-order valence-electron chi connectivity index (χ4n) is 2.13. The molecule has 1 aromatic carbocycles. The molecule has 2 N–H and O–H groups in total. The Morgan fingerprint density at radius 3 is 2.68 bits per heavy atom. The summed E-state index contributed by atoms with van der Waals surface area (Å²) in [5, 5.41) is 10.5. The van der Waals surface area contributed by atoms with Gasteiger partial charge in [-0.3, -0.25) is 9.48 Å². The zero-order valence-electron chi connectivity index (χ0n) is 14.9. The van der Waals surface area contributed by atoms with Gasteiger partial charge in [0.1, 0.15) is 0 Å². The number of nitrogens with one attached hydrogen (secondary N) is 2. The molecule has 0 aliphatic carbocycles. The highest BCUT2D eigenvalue weighted by atomic mass is 16.2. The summed E-state index contributed by atoms with van der Waals surface area (Å²) in [6.07, 6.45) is 4.63. The average Bonchev–Trinajstić information content (AvgIpc) is 3.14. The summed E-state index contributed by atoms with van der Waals surface area (Å²) in [6.45, 7) is 2.36. The molecule has 134 valence electrons. The molecule has 7 nitrogen and oxygen atoms in total. The van der Waals surface area contributed by atoms with Gasteiger partial charge in [0.25, 0.3) is 0 Å². The lowest BCUT2D eigenvalue weighted by Gasteiger charge is -2.15. The zero-order chi connectivity index (χ0) is 17.9. The third kappa shape index (κ3) is 7.07. The molecule has 1 aromatic heterocycles. The third-order valence-corrected chi connectivity index (χ3v) is 3.58. The molecule has 0 bridgehead atoms. The van der Waals surface area contributed by atoms with Crippen molar-refractivity contribution in [2.75, 3.05) is 27.2 Å². The number of aliphatic imine (C=N–C) groups is 1. The van der Waals surface area contributed by atoms with Crippen LogP contribution in [0.25, 0.3) is 0 Å². The quantitative estimate of drug-likeness (QED) is 0.428. The number of hydrogen-bond donors (Lipinski definition) is 2. The minimum Gasteiger partial charge on any atom is -0.356 e. The molecule has 0 unspecified atom stereocenters. The Morgan fingerprint density at radius 1 is 1.20 bits per heavy atom. The highest BCUT2D eigenvalue weighted by Crippen LogP contribution is 2.00. The average molecular weight is 342 g/mol. The van der Waals surface area contributed by atoms with Crippen molar-refractivity contribution in [3.63, 3.8) is 0 Å². The molecule has 0 aliphatic heterocycles. The van der Waals surface area contributed by atoms with Gasteiger partial charge in [0.2, 0.25) is 5.91 Å². The number of aromatic nitrogens is 2. The predicted molar refractivity (Wildman–Crippen MR) is 99.1 cm³/mol. The lowest BCUT2D eigenvalue weighted by molar-refractivity contribution is -0.127. The van der Waals surface area contributed by atoms with Crippen molar-refractivity contribution in [3.05, 3.63) is 54.4 Å². The maximum absolute atomic E-state index is 11.8. The summed E-state index contributed by atoms with van der Waals surface area (Å²) < 4.78 is 1.89. The Bertz CT molecular complexity index is 651. The van der Waals surface area contributed by atoms with E-state index in [0.29, 0.717) is 12.5 Å². The van der Waals surface area contributed by atoms with Gasteiger partial charge in [0, 0.05) is 39.6 Å². The van der Waals surface area contributed by atoms with E-state index in [2.05, 4.69) is 20.7 Å². The van der Waals surface area contributed by atoms with E-state index in [4.69, 9.17) is 0 Å². The number of hydrogen-bond acceptors (Lipinski definition) is 3. The van der Waals surface area contributed by atoms with Crippen molar-refractivity contribution in [3.8, 4) is 0 Å². The Hall–Kier alpha value is -2.83. The van der Waals surface area contributed by atoms with Gasteiger partial charge in [-0.25, -0.2) is 4.99 Å². The molecule has 25 heavy (non-hydrogen) atoms. The second-order valence-electron chi connectivity index (χ2n) is 5.84. The number of likely N-dealkylation sites (N-methyl/N-ethyl adjacent to an activating group) is 1. The van der Waals surface area contributed by atoms with Gasteiger partial charge in [-0.05, 0) is 18.1 Å². The largest absolute Gasteiger partial charge is 0.356 e. The van der Waals surface area contributed by atoms with Crippen molar-refractivity contribution in [1.29, 1.82) is 0 Å². The molecular weight excluding hydrogens is 316 g/mol. The van der Waals surface area contributed by atoms with Crippen molar-refractivity contribution in [1.82, 2.24) is 25.3 Å². The molecule has 1 amide bonds. The molecule has 0 fully saturated rings. The molecule has 2 rings (SSSR count). The van der Waals surface area contributed by atoms with Crippen LogP contribution in [0.2, 0.25) is 0 Å². The van der Waals surface area contributed by atoms with E-state index < -0.39 is 0 Å². The van der Waals surface area contributed by atoms with Gasteiger partial charge in [0.05, 0.1) is 13.1 Å². The molecule has 0 spiro atoms. The smallest absolute Gasteiger partial charge is 0.241 e. The Morgan fingerprint density at radius 2 is 2.00 bits per heavy atom. The summed E-state index contributed by atoms with van der Waals surface area (Å²) in [6, 6.07) is 11.9. The summed E-state index contributed by atoms with van der Waals surface area (Å²) in [7, 11) is 3.48. The lowest BCUT2D eigenvalue weighted by atomic mass is 10.2. The van der Waals surface area contributed by atoms with Crippen molar-refractivity contribution < 1.29 is 4.79 Å². The lowest BCUT2D eigenvalue weighted by Crippen LogP contribution is -2.43. The molecule has 0 radical (unpaired) electrons. The van der Waals surface area contributed by atoms with Crippen LogP contribution >= 0.6 is 0 Å². The number of carbonyl (C=O) groups excluding carboxylic acids is 1. The first-order valence-electron chi connectivity index (χ1n) is 8.39. The van der Waals surface area contributed by atoms with Crippen LogP contribution in [0.15, 0.2) is 53.8 Å². The van der Waals surface area contributed by atoms with Crippen LogP contribution in [0.1, 0.15) is 12.0 Å². The van der Waals surface area contributed by atoms with E-state index in [1.54, 1.807) is 25.2 Å². The number of amides is 1. The zero-order valence-corrected chi connectivity index (χ0v) is 14.9. The van der Waals surface area contributed by atoms with E-state index in [-0.39, 0.29) is 12.5 Å². The summed E-state index contributed by atoms with van der Waals surface area (Å²) in [5.41, 5.74) is 1.12. The minimum atomic E-state index is 0.00533. The number of carbonyl (C=O) groups is 1. The fraction of sp³-hybridized carbons (Fsp3) is 0.389. The standard InChI is InChI=1S/C18H26N6O/c1-23(2)17(25)15-21-18(20-14-16-8-4-3-5-9-16)19-10-6-12-24-13-7-11-22-24/h3-5,7-9,11,13H,6,10,12,14-15H2,1-2H3,(H2,19,20,21). The first-order chi connectivity index (χ1) is 12.1. The molecule has 0 saturated carbocycles. The fourth-order valence-corrected chi connectivity index (χ4v) is 2.13. The maximum Gasteiger partial charge on any atom is 0.241 e. The maximum atomic E-state index is 11.8. The van der Waals surface area contributed by atoms with Gasteiger partial charge in [-0.2, -0.15) is 5.10 Å². The van der Waals surface area contributed by atoms with Crippen LogP contribution in [0.4, 0.5) is 0 Å². The number of guanidine groups is 1. The van der Waals surface area contributed by atoms with Gasteiger partial charge in [-0.15, -0.1) is 0 Å². The molecular formula is C18H26N6O. The minimum absolute atomic E-state index is 0.00533. The summed E-state index contributed by atoms with van der Waals surface area (Å²) >= 11 is 0. The highest BCUT2D eigenvalue weighted by molar-refractivity contribution is 5.86. The second-order valence-corrected chi connectivity index (χ2v) is 5.84. The molecule has 7 heteroatoms. The topological polar surface area (TPSA) is 74.6 Å². The van der Waals surface area contributed by atoms with Crippen molar-refractivity contribution in [2.24, 2.45) is 4.99 Å². The van der Waals surface area contributed by atoms with Crippen molar-refractivity contribution in [2.45, 2.75) is 19.5 Å². The molecule has 0 atom stereocenters. The van der Waals surface area contributed by atoms with Crippen LogP contribution in [-0.4, -0.2) is 53.7 Å². The SMILES string of the molecule is CN(C)C(=O)CNC(=NCc1ccccc1)NCCCn1cccn1. The van der Waals surface area contributed by atoms with Gasteiger partial charge < -0.3 is 15.5 Å². The Kier molecular flexibility index (Phi) is 7.49. The van der Waals surface area contributed by atoms with E-state index in [0.717, 1.165) is 25.1 Å².